The van der Waals surface area contributed by atoms with Gasteiger partial charge in [0.15, 0.2) is 0 Å². The molecule has 0 radical (unpaired) electrons. The van der Waals surface area contributed by atoms with Gasteiger partial charge >= 0.3 is 0 Å². The average Bonchev–Trinajstić information content (AvgIpc) is 2.38. The van der Waals surface area contributed by atoms with Crippen LogP contribution in [-0.4, -0.2) is 11.1 Å². The number of H-pyrrole nitrogens is 1. The molecule has 3 heteroatoms. The fourth-order valence-corrected chi connectivity index (χ4v) is 2.60. The molecule has 1 aliphatic rings. The molecule has 1 unspecified atom stereocenters. The van der Waals surface area contributed by atoms with Crippen LogP contribution in [0.4, 0.5) is 0 Å². The topological polar surface area (TPSA) is 42.1 Å². The molecule has 3 rings (SSSR count). The Morgan fingerprint density at radius 1 is 1.28 bits per heavy atom. The zero-order chi connectivity index (χ0) is 12.7. The molecule has 0 saturated heterocycles. The number of hydrogen-bond acceptors (Lipinski definition) is 2. The van der Waals surface area contributed by atoms with E-state index in [9.17, 15) is 4.79 Å². The van der Waals surface area contributed by atoms with E-state index in [4.69, 9.17) is 4.74 Å². The SMILES string of the molecule is CC(C)C1Cc2[nH]c(=O)c3ccccc3c2CO1. The van der Waals surface area contributed by atoms with Gasteiger partial charge in [-0.2, -0.15) is 0 Å². The third-order valence-electron chi connectivity index (χ3n) is 3.72. The van der Waals surface area contributed by atoms with Gasteiger partial charge in [-0.1, -0.05) is 32.0 Å². The van der Waals surface area contributed by atoms with Crippen LogP contribution in [0, 0.1) is 5.92 Å². The van der Waals surface area contributed by atoms with E-state index in [0.717, 1.165) is 28.5 Å². The van der Waals surface area contributed by atoms with E-state index in [1.807, 2.05) is 24.3 Å². The van der Waals surface area contributed by atoms with E-state index in [1.165, 1.54) is 0 Å². The molecule has 1 aliphatic heterocycles. The van der Waals surface area contributed by atoms with Crippen LogP contribution < -0.4 is 5.56 Å². The van der Waals surface area contributed by atoms with Gasteiger partial charge in [0.25, 0.3) is 5.56 Å². The highest BCUT2D eigenvalue weighted by Crippen LogP contribution is 2.27. The summed E-state index contributed by atoms with van der Waals surface area (Å²) in [4.78, 5) is 15.1. The van der Waals surface area contributed by atoms with E-state index in [-0.39, 0.29) is 11.7 Å². The Hall–Kier alpha value is -1.61. The van der Waals surface area contributed by atoms with Crippen molar-refractivity contribution in [1.29, 1.82) is 0 Å². The summed E-state index contributed by atoms with van der Waals surface area (Å²) in [6, 6.07) is 7.73. The number of fused-ring (bicyclic) bond motifs is 3. The van der Waals surface area contributed by atoms with E-state index in [1.54, 1.807) is 0 Å². The van der Waals surface area contributed by atoms with E-state index in [0.29, 0.717) is 12.5 Å². The summed E-state index contributed by atoms with van der Waals surface area (Å²) in [5.74, 6) is 0.466. The average molecular weight is 243 g/mol. The molecule has 0 bridgehead atoms. The van der Waals surface area contributed by atoms with E-state index >= 15 is 0 Å². The summed E-state index contributed by atoms with van der Waals surface area (Å²) in [5.41, 5.74) is 2.19. The van der Waals surface area contributed by atoms with Crippen LogP contribution in [0.2, 0.25) is 0 Å². The first-order valence-electron chi connectivity index (χ1n) is 6.41. The van der Waals surface area contributed by atoms with Crippen molar-refractivity contribution in [2.45, 2.75) is 33.0 Å². The van der Waals surface area contributed by atoms with Gasteiger partial charge in [-0.25, -0.2) is 0 Å². The molecule has 0 spiro atoms. The highest BCUT2D eigenvalue weighted by Gasteiger charge is 2.24. The van der Waals surface area contributed by atoms with E-state index in [2.05, 4.69) is 18.8 Å². The van der Waals surface area contributed by atoms with Crippen molar-refractivity contribution >= 4 is 10.8 Å². The smallest absolute Gasteiger partial charge is 0.256 e. The Labute approximate surface area is 106 Å². The number of benzene rings is 1. The molecule has 1 aromatic heterocycles. The van der Waals surface area contributed by atoms with E-state index < -0.39 is 0 Å². The third kappa shape index (κ3) is 1.75. The maximum atomic E-state index is 12.0. The monoisotopic (exact) mass is 243 g/mol. The van der Waals surface area contributed by atoms with Gasteiger partial charge in [0, 0.05) is 23.1 Å². The summed E-state index contributed by atoms with van der Waals surface area (Å²) in [5, 5.41) is 1.78. The first-order valence-corrected chi connectivity index (χ1v) is 6.41. The minimum Gasteiger partial charge on any atom is -0.373 e. The Bertz CT molecular complexity index is 642. The molecule has 1 N–H and O–H groups in total. The van der Waals surface area contributed by atoms with Crippen molar-refractivity contribution in [3.8, 4) is 0 Å². The van der Waals surface area contributed by atoms with Crippen LogP contribution in [0.25, 0.3) is 10.8 Å². The van der Waals surface area contributed by atoms with Crippen molar-refractivity contribution in [1.82, 2.24) is 4.98 Å². The molecule has 94 valence electrons. The normalized spacial score (nSPS) is 19.2. The summed E-state index contributed by atoms with van der Waals surface area (Å²) in [7, 11) is 0. The van der Waals surface area contributed by atoms with Crippen LogP contribution in [0.1, 0.15) is 25.1 Å². The lowest BCUT2D eigenvalue weighted by Crippen LogP contribution is -2.30. The van der Waals surface area contributed by atoms with Crippen LogP contribution in [0.5, 0.6) is 0 Å². The molecule has 0 saturated carbocycles. The van der Waals surface area contributed by atoms with Crippen LogP contribution in [0.3, 0.4) is 0 Å². The predicted octanol–water partition coefficient (Wildman–Crippen LogP) is 2.63. The van der Waals surface area contributed by atoms with Gasteiger partial charge in [-0.15, -0.1) is 0 Å². The zero-order valence-electron chi connectivity index (χ0n) is 10.7. The molecule has 1 atom stereocenters. The molecule has 0 amide bonds. The Morgan fingerprint density at radius 3 is 2.72 bits per heavy atom. The van der Waals surface area contributed by atoms with Gasteiger partial charge in [-0.3, -0.25) is 4.79 Å². The van der Waals surface area contributed by atoms with Crippen molar-refractivity contribution in [2.24, 2.45) is 5.92 Å². The predicted molar refractivity (Wildman–Crippen MR) is 71.7 cm³/mol. The number of pyridine rings is 1. The fraction of sp³-hybridized carbons (Fsp3) is 0.400. The highest BCUT2D eigenvalue weighted by molar-refractivity contribution is 5.85. The molecule has 2 heterocycles. The molecule has 0 fully saturated rings. The van der Waals surface area contributed by atoms with Crippen molar-refractivity contribution < 1.29 is 4.74 Å². The number of rotatable bonds is 1. The van der Waals surface area contributed by atoms with Gasteiger partial charge < -0.3 is 9.72 Å². The largest absolute Gasteiger partial charge is 0.373 e. The Balaban J connectivity index is 2.18. The van der Waals surface area contributed by atoms with Gasteiger partial charge in [0.2, 0.25) is 0 Å². The van der Waals surface area contributed by atoms with Crippen LogP contribution >= 0.6 is 0 Å². The molecule has 18 heavy (non-hydrogen) atoms. The van der Waals surface area contributed by atoms with Crippen LogP contribution in [-0.2, 0) is 17.8 Å². The van der Waals surface area contributed by atoms with Gasteiger partial charge in [0.1, 0.15) is 0 Å². The van der Waals surface area contributed by atoms with Gasteiger partial charge in [-0.05, 0) is 17.4 Å². The number of hydrogen-bond donors (Lipinski definition) is 1. The molecule has 3 nitrogen and oxygen atoms in total. The lowest BCUT2D eigenvalue weighted by atomic mass is 9.94. The Morgan fingerprint density at radius 2 is 2.00 bits per heavy atom. The van der Waals surface area contributed by atoms with Crippen molar-refractivity contribution in [3.05, 3.63) is 45.9 Å². The molecule has 1 aromatic carbocycles. The second kappa shape index (κ2) is 4.25. The summed E-state index contributed by atoms with van der Waals surface area (Å²) in [6.07, 6.45) is 1.00. The van der Waals surface area contributed by atoms with Crippen molar-refractivity contribution in [2.75, 3.05) is 0 Å². The van der Waals surface area contributed by atoms with Gasteiger partial charge in [0.05, 0.1) is 12.7 Å². The second-order valence-electron chi connectivity index (χ2n) is 5.25. The summed E-state index contributed by atoms with van der Waals surface area (Å²) in [6.45, 7) is 4.89. The molecule has 0 aliphatic carbocycles. The van der Waals surface area contributed by atoms with Crippen molar-refractivity contribution in [3.63, 3.8) is 0 Å². The standard InChI is InChI=1S/C15H17NO2/c1-9(2)14-7-13-12(8-18-14)10-5-3-4-6-11(10)15(17)16-13/h3-6,9,14H,7-8H2,1-2H3,(H,16,17). The first kappa shape index (κ1) is 11.5. The fourth-order valence-electron chi connectivity index (χ4n) is 2.60. The quantitative estimate of drug-likeness (QED) is 0.836. The number of aromatic amines is 1. The first-order chi connectivity index (χ1) is 8.66. The molecule has 2 aromatic rings. The number of aromatic nitrogens is 1. The lowest BCUT2D eigenvalue weighted by Gasteiger charge is -2.28. The molecular formula is C15H17NO2. The maximum absolute atomic E-state index is 12.0. The zero-order valence-corrected chi connectivity index (χ0v) is 10.7. The highest BCUT2D eigenvalue weighted by atomic mass is 16.5. The lowest BCUT2D eigenvalue weighted by molar-refractivity contribution is -0.000822. The van der Waals surface area contributed by atoms with Crippen LogP contribution in [0.15, 0.2) is 29.1 Å². The minimum absolute atomic E-state index is 0.00811. The summed E-state index contributed by atoms with van der Waals surface area (Å²) >= 11 is 0. The minimum atomic E-state index is 0.00811. The Kier molecular flexibility index (Phi) is 2.71. The summed E-state index contributed by atoms with van der Waals surface area (Å²) < 4.78 is 5.89. The molecular weight excluding hydrogens is 226 g/mol. The number of ether oxygens (including phenoxy) is 1. The maximum Gasteiger partial charge on any atom is 0.256 e. The second-order valence-corrected chi connectivity index (χ2v) is 5.25. The number of nitrogens with one attached hydrogen (secondary N) is 1. The third-order valence-corrected chi connectivity index (χ3v) is 3.72.